The van der Waals surface area contributed by atoms with Gasteiger partial charge in [-0.15, -0.1) is 0 Å². The second-order valence-electron chi connectivity index (χ2n) is 6.28. The number of aliphatic carboxylic acids is 1. The Morgan fingerprint density at radius 3 is 2.62 bits per heavy atom. The molecule has 0 bridgehead atoms. The molecule has 1 rings (SSSR count). The van der Waals surface area contributed by atoms with Crippen LogP contribution < -0.4 is 4.72 Å². The molecule has 1 aliphatic heterocycles. The Morgan fingerprint density at radius 2 is 2.05 bits per heavy atom. The van der Waals surface area contributed by atoms with Crippen molar-refractivity contribution in [2.75, 3.05) is 19.7 Å². The third kappa shape index (κ3) is 5.54. The highest BCUT2D eigenvalue weighted by atomic mass is 32.2. The number of carbonyl (C=O) groups is 1. The fourth-order valence-electron chi connectivity index (χ4n) is 2.45. The molecule has 0 aromatic carbocycles. The van der Waals surface area contributed by atoms with E-state index in [9.17, 15) is 13.2 Å². The van der Waals surface area contributed by atoms with Crippen molar-refractivity contribution in [3.63, 3.8) is 0 Å². The first-order valence-electron chi connectivity index (χ1n) is 7.30. The highest BCUT2D eigenvalue weighted by molar-refractivity contribution is 7.87. The summed E-state index contributed by atoms with van der Waals surface area (Å²) in [4.78, 5) is 11.2. The van der Waals surface area contributed by atoms with E-state index in [2.05, 4.69) is 4.72 Å². The van der Waals surface area contributed by atoms with Crippen molar-refractivity contribution >= 4 is 16.2 Å². The molecule has 1 heterocycles. The molecule has 0 amide bonds. The minimum absolute atomic E-state index is 0.0728. The fourth-order valence-corrected chi connectivity index (χ4v) is 4.09. The summed E-state index contributed by atoms with van der Waals surface area (Å²) in [5, 5.41) is 18.0. The Balaban J connectivity index is 2.69. The van der Waals surface area contributed by atoms with E-state index >= 15 is 0 Å². The van der Waals surface area contributed by atoms with Crippen LogP contribution in [-0.4, -0.2) is 54.6 Å². The average Bonchev–Trinajstić information content (AvgIpc) is 2.43. The third-order valence-electron chi connectivity index (χ3n) is 3.79. The summed E-state index contributed by atoms with van der Waals surface area (Å²) < 4.78 is 28.2. The van der Waals surface area contributed by atoms with Gasteiger partial charge in [0.1, 0.15) is 6.04 Å². The minimum Gasteiger partial charge on any atom is -0.480 e. The molecule has 1 saturated heterocycles. The van der Waals surface area contributed by atoms with Gasteiger partial charge in [-0.3, -0.25) is 4.79 Å². The van der Waals surface area contributed by atoms with Gasteiger partial charge in [0.2, 0.25) is 0 Å². The molecular formula is C13H26N2O5S. The van der Waals surface area contributed by atoms with E-state index in [-0.39, 0.29) is 25.1 Å². The van der Waals surface area contributed by atoms with Crippen LogP contribution in [0.4, 0.5) is 0 Å². The quantitative estimate of drug-likeness (QED) is 0.605. The van der Waals surface area contributed by atoms with E-state index in [1.165, 1.54) is 0 Å². The van der Waals surface area contributed by atoms with Gasteiger partial charge in [-0.05, 0) is 37.5 Å². The Morgan fingerprint density at radius 1 is 1.38 bits per heavy atom. The molecule has 0 radical (unpaired) electrons. The van der Waals surface area contributed by atoms with Crippen LogP contribution in [-0.2, 0) is 15.0 Å². The zero-order valence-corrected chi connectivity index (χ0v) is 13.5. The monoisotopic (exact) mass is 322 g/mol. The zero-order valence-electron chi connectivity index (χ0n) is 12.7. The zero-order chi connectivity index (χ0) is 16.1. The number of carboxylic acids is 1. The van der Waals surface area contributed by atoms with Crippen LogP contribution in [0.5, 0.6) is 0 Å². The number of carboxylic acid groups (broad SMARTS) is 1. The molecule has 7 nitrogen and oxygen atoms in total. The van der Waals surface area contributed by atoms with E-state index in [4.69, 9.17) is 10.2 Å². The van der Waals surface area contributed by atoms with Crippen molar-refractivity contribution in [3.8, 4) is 0 Å². The number of nitrogens with one attached hydrogen (secondary N) is 1. The lowest BCUT2D eigenvalue weighted by atomic mass is 9.88. The number of aliphatic hydroxyl groups is 1. The van der Waals surface area contributed by atoms with Crippen LogP contribution in [0.2, 0.25) is 0 Å². The predicted molar refractivity (Wildman–Crippen MR) is 79.0 cm³/mol. The van der Waals surface area contributed by atoms with Crippen LogP contribution >= 0.6 is 0 Å². The Labute approximate surface area is 126 Å². The second-order valence-corrected chi connectivity index (χ2v) is 7.99. The van der Waals surface area contributed by atoms with Crippen molar-refractivity contribution in [3.05, 3.63) is 0 Å². The lowest BCUT2D eigenvalue weighted by Crippen LogP contribution is -2.53. The number of rotatable bonds is 8. The molecule has 8 heteroatoms. The molecule has 0 saturated carbocycles. The van der Waals surface area contributed by atoms with Gasteiger partial charge < -0.3 is 10.2 Å². The SMILES string of the molecule is CC(C)(CCCO)CNS(=O)(=O)N1CCCCC1C(=O)O. The molecule has 1 unspecified atom stereocenters. The van der Waals surface area contributed by atoms with Gasteiger partial charge in [0.25, 0.3) is 10.2 Å². The maximum Gasteiger partial charge on any atom is 0.322 e. The van der Waals surface area contributed by atoms with E-state index in [1.54, 1.807) is 0 Å². The van der Waals surface area contributed by atoms with Gasteiger partial charge in [0.15, 0.2) is 0 Å². The predicted octanol–water partition coefficient (Wildman–Crippen LogP) is 0.559. The summed E-state index contributed by atoms with van der Waals surface area (Å²) in [6.07, 6.45) is 3.05. The standard InChI is InChI=1S/C13H26N2O5S/c1-13(2,7-5-9-16)10-14-21(19,20)15-8-4-3-6-11(15)12(17)18/h11,14,16H,3-10H2,1-2H3,(H,17,18). The number of hydrogen-bond acceptors (Lipinski definition) is 4. The van der Waals surface area contributed by atoms with Crippen molar-refractivity contribution in [2.24, 2.45) is 5.41 Å². The Kier molecular flexibility index (Phi) is 6.58. The van der Waals surface area contributed by atoms with E-state index in [1.807, 2.05) is 13.8 Å². The lowest BCUT2D eigenvalue weighted by molar-refractivity contribution is -0.142. The highest BCUT2D eigenvalue weighted by Gasteiger charge is 2.37. The van der Waals surface area contributed by atoms with Crippen molar-refractivity contribution in [1.82, 2.24) is 9.03 Å². The van der Waals surface area contributed by atoms with E-state index in [0.29, 0.717) is 25.7 Å². The Bertz CT molecular complexity index is 449. The van der Waals surface area contributed by atoms with Crippen LogP contribution in [0, 0.1) is 5.41 Å². The van der Waals surface area contributed by atoms with Crippen molar-refractivity contribution in [2.45, 2.75) is 52.0 Å². The number of aliphatic hydroxyl groups excluding tert-OH is 1. The summed E-state index contributed by atoms with van der Waals surface area (Å²) >= 11 is 0. The van der Waals surface area contributed by atoms with Crippen LogP contribution in [0.25, 0.3) is 0 Å². The van der Waals surface area contributed by atoms with Gasteiger partial charge in [0.05, 0.1) is 0 Å². The van der Waals surface area contributed by atoms with Crippen LogP contribution in [0.1, 0.15) is 46.0 Å². The largest absolute Gasteiger partial charge is 0.480 e. The molecule has 0 aromatic rings. The van der Waals surface area contributed by atoms with Gasteiger partial charge in [-0.25, -0.2) is 4.72 Å². The van der Waals surface area contributed by atoms with Crippen molar-refractivity contribution in [1.29, 1.82) is 0 Å². The van der Waals surface area contributed by atoms with Gasteiger partial charge >= 0.3 is 5.97 Å². The normalized spacial score (nSPS) is 21.4. The summed E-state index contributed by atoms with van der Waals surface area (Å²) in [7, 11) is -3.80. The summed E-state index contributed by atoms with van der Waals surface area (Å²) in [5.41, 5.74) is -0.287. The first-order chi connectivity index (χ1) is 9.69. The van der Waals surface area contributed by atoms with Gasteiger partial charge in [-0.1, -0.05) is 13.8 Å². The number of nitrogens with zero attached hydrogens (tertiary/aromatic N) is 1. The fraction of sp³-hybridized carbons (Fsp3) is 0.923. The maximum absolute atomic E-state index is 12.3. The first kappa shape index (κ1) is 18.3. The molecule has 0 aromatic heterocycles. The van der Waals surface area contributed by atoms with Crippen molar-refractivity contribution < 1.29 is 23.4 Å². The molecular weight excluding hydrogens is 296 g/mol. The molecule has 1 atom stereocenters. The van der Waals surface area contributed by atoms with E-state index < -0.39 is 22.2 Å². The summed E-state index contributed by atoms with van der Waals surface area (Å²) in [6, 6.07) is -0.975. The Hall–Kier alpha value is -0.700. The second kappa shape index (κ2) is 7.53. The molecule has 124 valence electrons. The molecule has 1 aliphatic rings. The summed E-state index contributed by atoms with van der Waals surface area (Å²) in [5.74, 6) is -1.10. The molecule has 21 heavy (non-hydrogen) atoms. The molecule has 0 spiro atoms. The van der Waals surface area contributed by atoms with Crippen LogP contribution in [0.3, 0.4) is 0 Å². The van der Waals surface area contributed by atoms with Gasteiger partial charge in [-0.2, -0.15) is 12.7 Å². The summed E-state index contributed by atoms with van der Waals surface area (Å²) in [6.45, 7) is 4.36. The van der Waals surface area contributed by atoms with Crippen LogP contribution in [0.15, 0.2) is 0 Å². The topological polar surface area (TPSA) is 107 Å². The highest BCUT2D eigenvalue weighted by Crippen LogP contribution is 2.23. The lowest BCUT2D eigenvalue weighted by Gasteiger charge is -2.33. The number of hydrogen-bond donors (Lipinski definition) is 3. The molecule has 0 aliphatic carbocycles. The van der Waals surface area contributed by atoms with E-state index in [0.717, 1.165) is 10.7 Å². The number of piperidine rings is 1. The third-order valence-corrected chi connectivity index (χ3v) is 5.36. The van der Waals surface area contributed by atoms with Gasteiger partial charge in [0, 0.05) is 19.7 Å². The minimum atomic E-state index is -3.80. The smallest absolute Gasteiger partial charge is 0.322 e. The molecule has 3 N–H and O–H groups in total. The average molecular weight is 322 g/mol. The maximum atomic E-state index is 12.3. The first-order valence-corrected chi connectivity index (χ1v) is 8.74. The molecule has 1 fully saturated rings.